The molecule has 0 saturated carbocycles. The summed E-state index contributed by atoms with van der Waals surface area (Å²) in [6.45, 7) is 3.83. The Balaban J connectivity index is 1.62. The van der Waals surface area contributed by atoms with Crippen LogP contribution in [-0.4, -0.2) is 48.2 Å². The standard InChI is InChI=1S/C17H19N3O4/c1-12-14(19-24-15(12)13-5-3-2-4-6-13)11-18-16(21)17(22)20-7-9-23-10-8-20/h2-6H,7-11H2,1H3,(H,18,21). The molecule has 0 unspecified atom stereocenters. The molecule has 2 aromatic rings. The van der Waals surface area contributed by atoms with Crippen molar-refractivity contribution in [2.24, 2.45) is 0 Å². The van der Waals surface area contributed by atoms with Gasteiger partial charge in [0.15, 0.2) is 5.76 Å². The lowest BCUT2D eigenvalue weighted by Gasteiger charge is -2.25. The van der Waals surface area contributed by atoms with Crippen molar-refractivity contribution in [2.75, 3.05) is 26.3 Å². The van der Waals surface area contributed by atoms with Crippen LogP contribution in [0.5, 0.6) is 0 Å². The highest BCUT2D eigenvalue weighted by Crippen LogP contribution is 2.25. The number of carbonyl (C=O) groups excluding carboxylic acids is 2. The maximum atomic E-state index is 12.0. The maximum absolute atomic E-state index is 12.0. The first kappa shape index (κ1) is 16.2. The van der Waals surface area contributed by atoms with Gasteiger partial charge in [-0.1, -0.05) is 35.5 Å². The number of nitrogens with one attached hydrogen (secondary N) is 1. The van der Waals surface area contributed by atoms with E-state index in [2.05, 4.69) is 10.5 Å². The summed E-state index contributed by atoms with van der Waals surface area (Å²) in [6.07, 6.45) is 0. The van der Waals surface area contributed by atoms with E-state index in [0.29, 0.717) is 37.8 Å². The normalized spacial score (nSPS) is 14.5. The van der Waals surface area contributed by atoms with Gasteiger partial charge in [-0.2, -0.15) is 0 Å². The van der Waals surface area contributed by atoms with Crippen molar-refractivity contribution in [1.82, 2.24) is 15.4 Å². The highest BCUT2D eigenvalue weighted by atomic mass is 16.5. The molecule has 7 nitrogen and oxygen atoms in total. The lowest BCUT2D eigenvalue weighted by atomic mass is 10.1. The molecule has 0 bridgehead atoms. The summed E-state index contributed by atoms with van der Waals surface area (Å²) < 4.78 is 10.5. The van der Waals surface area contributed by atoms with Gasteiger partial charge in [-0.05, 0) is 6.92 Å². The van der Waals surface area contributed by atoms with Crippen molar-refractivity contribution in [3.8, 4) is 11.3 Å². The Morgan fingerprint density at radius 1 is 1.21 bits per heavy atom. The molecule has 126 valence electrons. The van der Waals surface area contributed by atoms with Crippen LogP contribution in [0.3, 0.4) is 0 Å². The van der Waals surface area contributed by atoms with Crippen LogP contribution in [0.25, 0.3) is 11.3 Å². The third kappa shape index (κ3) is 3.46. The van der Waals surface area contributed by atoms with Crippen LogP contribution in [0, 0.1) is 6.92 Å². The summed E-state index contributed by atoms with van der Waals surface area (Å²) in [5.41, 5.74) is 2.38. The summed E-state index contributed by atoms with van der Waals surface area (Å²) in [5.74, 6) is -0.511. The zero-order valence-electron chi connectivity index (χ0n) is 13.4. The van der Waals surface area contributed by atoms with E-state index >= 15 is 0 Å². The van der Waals surface area contributed by atoms with Gasteiger partial charge >= 0.3 is 11.8 Å². The average molecular weight is 329 g/mol. The molecule has 0 aliphatic carbocycles. The molecule has 2 heterocycles. The van der Waals surface area contributed by atoms with E-state index in [4.69, 9.17) is 9.26 Å². The topological polar surface area (TPSA) is 84.7 Å². The largest absolute Gasteiger partial charge is 0.378 e. The molecular formula is C17H19N3O4. The zero-order chi connectivity index (χ0) is 16.9. The molecule has 0 atom stereocenters. The molecule has 0 spiro atoms. The van der Waals surface area contributed by atoms with E-state index in [0.717, 1.165) is 11.1 Å². The fraction of sp³-hybridized carbons (Fsp3) is 0.353. The predicted octanol–water partition coefficient (Wildman–Crippen LogP) is 1.13. The fourth-order valence-electron chi connectivity index (χ4n) is 2.54. The highest BCUT2D eigenvalue weighted by molar-refractivity contribution is 6.34. The molecule has 1 fully saturated rings. The number of hydrogen-bond acceptors (Lipinski definition) is 5. The van der Waals surface area contributed by atoms with E-state index in [1.807, 2.05) is 37.3 Å². The number of carbonyl (C=O) groups is 2. The minimum absolute atomic E-state index is 0.150. The van der Waals surface area contributed by atoms with Crippen molar-refractivity contribution < 1.29 is 18.8 Å². The number of nitrogens with zero attached hydrogens (tertiary/aromatic N) is 2. The van der Waals surface area contributed by atoms with Gasteiger partial charge in [0.1, 0.15) is 5.69 Å². The zero-order valence-corrected chi connectivity index (χ0v) is 13.4. The lowest BCUT2D eigenvalue weighted by Crippen LogP contribution is -2.47. The number of amides is 2. The molecule has 24 heavy (non-hydrogen) atoms. The number of aromatic nitrogens is 1. The van der Waals surface area contributed by atoms with Crippen LogP contribution >= 0.6 is 0 Å². The summed E-state index contributed by atoms with van der Waals surface area (Å²) in [4.78, 5) is 25.5. The first-order chi connectivity index (χ1) is 11.7. The van der Waals surface area contributed by atoms with Crippen molar-refractivity contribution in [1.29, 1.82) is 0 Å². The maximum Gasteiger partial charge on any atom is 0.312 e. The van der Waals surface area contributed by atoms with Crippen molar-refractivity contribution in [3.63, 3.8) is 0 Å². The van der Waals surface area contributed by atoms with Crippen molar-refractivity contribution >= 4 is 11.8 Å². The summed E-state index contributed by atoms with van der Waals surface area (Å²) in [6, 6.07) is 9.61. The highest BCUT2D eigenvalue weighted by Gasteiger charge is 2.24. The van der Waals surface area contributed by atoms with Crippen LogP contribution in [0.2, 0.25) is 0 Å². The Labute approximate surface area is 139 Å². The van der Waals surface area contributed by atoms with Gasteiger partial charge in [-0.3, -0.25) is 9.59 Å². The number of rotatable bonds is 3. The second-order valence-electron chi connectivity index (χ2n) is 5.54. The number of ether oxygens (including phenoxy) is 1. The SMILES string of the molecule is Cc1c(CNC(=O)C(=O)N2CCOCC2)noc1-c1ccccc1. The van der Waals surface area contributed by atoms with Crippen molar-refractivity contribution in [3.05, 3.63) is 41.6 Å². The van der Waals surface area contributed by atoms with Gasteiger partial charge < -0.3 is 19.5 Å². The summed E-state index contributed by atoms with van der Waals surface area (Å²) in [5, 5.41) is 6.61. The molecule has 1 aliphatic rings. The fourth-order valence-corrected chi connectivity index (χ4v) is 2.54. The summed E-state index contributed by atoms with van der Waals surface area (Å²) >= 11 is 0. The van der Waals surface area contributed by atoms with Crippen LogP contribution in [0.15, 0.2) is 34.9 Å². The quantitative estimate of drug-likeness (QED) is 0.853. The summed E-state index contributed by atoms with van der Waals surface area (Å²) in [7, 11) is 0. The number of hydrogen-bond donors (Lipinski definition) is 1. The third-order valence-electron chi connectivity index (χ3n) is 3.97. The second-order valence-corrected chi connectivity index (χ2v) is 5.54. The van der Waals surface area contributed by atoms with Gasteiger partial charge in [0.2, 0.25) is 0 Å². The lowest BCUT2D eigenvalue weighted by molar-refractivity contribution is -0.148. The molecule has 7 heteroatoms. The molecular weight excluding hydrogens is 310 g/mol. The van der Waals surface area contributed by atoms with Crippen LogP contribution in [0.1, 0.15) is 11.3 Å². The van der Waals surface area contributed by atoms with Crippen LogP contribution < -0.4 is 5.32 Å². The van der Waals surface area contributed by atoms with E-state index in [1.165, 1.54) is 4.90 Å². The van der Waals surface area contributed by atoms with Gasteiger partial charge in [-0.15, -0.1) is 0 Å². The smallest absolute Gasteiger partial charge is 0.312 e. The van der Waals surface area contributed by atoms with Crippen LogP contribution in [-0.2, 0) is 20.9 Å². The number of morpholine rings is 1. The van der Waals surface area contributed by atoms with Gasteiger partial charge in [0.05, 0.1) is 19.8 Å². The Kier molecular flexibility index (Phi) is 4.90. The van der Waals surface area contributed by atoms with Gasteiger partial charge in [0, 0.05) is 24.2 Å². The molecule has 1 aromatic heterocycles. The van der Waals surface area contributed by atoms with E-state index in [1.54, 1.807) is 0 Å². The minimum atomic E-state index is -0.638. The Morgan fingerprint density at radius 2 is 1.92 bits per heavy atom. The van der Waals surface area contributed by atoms with E-state index in [-0.39, 0.29) is 6.54 Å². The Morgan fingerprint density at radius 3 is 2.62 bits per heavy atom. The van der Waals surface area contributed by atoms with Gasteiger partial charge in [0.25, 0.3) is 0 Å². The number of benzene rings is 1. The first-order valence-corrected chi connectivity index (χ1v) is 7.82. The molecule has 2 amide bonds. The first-order valence-electron chi connectivity index (χ1n) is 7.82. The minimum Gasteiger partial charge on any atom is -0.378 e. The molecule has 3 rings (SSSR count). The van der Waals surface area contributed by atoms with Crippen molar-refractivity contribution in [2.45, 2.75) is 13.5 Å². The second kappa shape index (κ2) is 7.27. The molecule has 0 radical (unpaired) electrons. The van der Waals surface area contributed by atoms with Crippen LogP contribution in [0.4, 0.5) is 0 Å². The monoisotopic (exact) mass is 329 g/mol. The molecule has 1 saturated heterocycles. The predicted molar refractivity (Wildman–Crippen MR) is 85.9 cm³/mol. The van der Waals surface area contributed by atoms with Gasteiger partial charge in [-0.25, -0.2) is 0 Å². The third-order valence-corrected chi connectivity index (χ3v) is 3.97. The van der Waals surface area contributed by atoms with E-state index < -0.39 is 11.8 Å². The molecule has 1 N–H and O–H groups in total. The Hall–Kier alpha value is -2.67. The molecule has 1 aromatic carbocycles. The Bertz CT molecular complexity index is 721. The van der Waals surface area contributed by atoms with E-state index in [9.17, 15) is 9.59 Å². The molecule has 1 aliphatic heterocycles. The average Bonchev–Trinajstić information content (AvgIpc) is 3.01.